The largest absolute Gasteiger partial charge is 0.339 e. The third-order valence-electron chi connectivity index (χ3n) is 3.75. The topological polar surface area (TPSA) is 92.1 Å². The number of aromatic amines is 1. The molecule has 0 aliphatic carbocycles. The number of rotatable bonds is 3. The normalized spacial score (nSPS) is 14.7. The molecule has 0 atom stereocenters. The van der Waals surface area contributed by atoms with E-state index in [1.54, 1.807) is 22.3 Å². The van der Waals surface area contributed by atoms with Gasteiger partial charge in [0, 0.05) is 19.3 Å². The summed E-state index contributed by atoms with van der Waals surface area (Å²) < 4.78 is 5.29. The van der Waals surface area contributed by atoms with Gasteiger partial charge < -0.3 is 14.4 Å². The van der Waals surface area contributed by atoms with E-state index < -0.39 is 0 Å². The van der Waals surface area contributed by atoms with Crippen molar-refractivity contribution in [1.29, 1.82) is 0 Å². The number of amides is 1. The molecular formula is C15H12N4O3S. The van der Waals surface area contributed by atoms with Gasteiger partial charge in [0.2, 0.25) is 11.7 Å². The Balaban J connectivity index is 1.45. The molecule has 1 aliphatic heterocycles. The second-order valence-corrected chi connectivity index (χ2v) is 6.20. The molecule has 1 aliphatic rings. The van der Waals surface area contributed by atoms with Crippen LogP contribution < -0.4 is 5.56 Å². The number of pyridine rings is 1. The van der Waals surface area contributed by atoms with Crippen LogP contribution in [-0.2, 0) is 0 Å². The van der Waals surface area contributed by atoms with Crippen molar-refractivity contribution in [2.45, 2.75) is 5.92 Å². The Labute approximate surface area is 134 Å². The molecule has 23 heavy (non-hydrogen) atoms. The van der Waals surface area contributed by atoms with Crippen molar-refractivity contribution in [1.82, 2.24) is 20.0 Å². The highest BCUT2D eigenvalue weighted by Gasteiger charge is 2.36. The standard InChI is InChI=1S/C15H12N4O3S/c20-13-10(3-1-5-16-13)15(21)19-7-9(8-19)14-17-12(18-22-14)11-4-2-6-23-11/h1-6,9H,7-8H2,(H,16,20). The Hall–Kier alpha value is -2.74. The Bertz CT molecular complexity index is 893. The molecule has 0 spiro atoms. The van der Waals surface area contributed by atoms with Gasteiger partial charge in [0.05, 0.1) is 10.8 Å². The maximum Gasteiger partial charge on any atom is 0.260 e. The summed E-state index contributed by atoms with van der Waals surface area (Å²) in [6.45, 7) is 0.943. The monoisotopic (exact) mass is 328 g/mol. The summed E-state index contributed by atoms with van der Waals surface area (Å²) in [5, 5.41) is 5.92. The van der Waals surface area contributed by atoms with Gasteiger partial charge in [0.15, 0.2) is 0 Å². The predicted octanol–water partition coefficient (Wildman–Crippen LogP) is 1.73. The predicted molar refractivity (Wildman–Crippen MR) is 83.3 cm³/mol. The average molecular weight is 328 g/mol. The Morgan fingerprint density at radius 2 is 2.22 bits per heavy atom. The van der Waals surface area contributed by atoms with E-state index in [-0.39, 0.29) is 22.9 Å². The van der Waals surface area contributed by atoms with E-state index >= 15 is 0 Å². The van der Waals surface area contributed by atoms with Crippen LogP contribution >= 0.6 is 11.3 Å². The Morgan fingerprint density at radius 3 is 2.96 bits per heavy atom. The number of nitrogens with one attached hydrogen (secondary N) is 1. The number of hydrogen-bond acceptors (Lipinski definition) is 6. The zero-order valence-corrected chi connectivity index (χ0v) is 12.7. The van der Waals surface area contributed by atoms with Crippen molar-refractivity contribution in [2.24, 2.45) is 0 Å². The third kappa shape index (κ3) is 2.46. The lowest BCUT2D eigenvalue weighted by Gasteiger charge is -2.36. The van der Waals surface area contributed by atoms with E-state index in [0.717, 1.165) is 4.88 Å². The van der Waals surface area contributed by atoms with Crippen LogP contribution in [0.4, 0.5) is 0 Å². The van der Waals surface area contributed by atoms with Crippen LogP contribution in [-0.4, -0.2) is 39.0 Å². The van der Waals surface area contributed by atoms with E-state index in [4.69, 9.17) is 4.52 Å². The fraction of sp³-hybridized carbons (Fsp3) is 0.200. The summed E-state index contributed by atoms with van der Waals surface area (Å²) >= 11 is 1.54. The minimum Gasteiger partial charge on any atom is -0.339 e. The van der Waals surface area contributed by atoms with Crippen molar-refractivity contribution in [3.8, 4) is 10.7 Å². The molecule has 3 aromatic rings. The highest BCUT2D eigenvalue weighted by molar-refractivity contribution is 7.13. The quantitative estimate of drug-likeness (QED) is 0.790. The fourth-order valence-electron chi connectivity index (χ4n) is 2.47. The molecule has 0 unspecified atom stereocenters. The van der Waals surface area contributed by atoms with Gasteiger partial charge in [0.1, 0.15) is 5.56 Å². The van der Waals surface area contributed by atoms with E-state index in [1.807, 2.05) is 17.5 Å². The first-order chi connectivity index (χ1) is 11.2. The molecule has 0 saturated carbocycles. The number of aromatic nitrogens is 3. The second-order valence-electron chi connectivity index (χ2n) is 5.25. The third-order valence-corrected chi connectivity index (χ3v) is 4.62. The number of hydrogen-bond donors (Lipinski definition) is 1. The molecule has 0 radical (unpaired) electrons. The molecular weight excluding hydrogens is 316 g/mol. The maximum absolute atomic E-state index is 12.3. The fourth-order valence-corrected chi connectivity index (χ4v) is 3.12. The molecule has 116 valence electrons. The Kier molecular flexibility index (Phi) is 3.30. The highest BCUT2D eigenvalue weighted by Crippen LogP contribution is 2.29. The van der Waals surface area contributed by atoms with Crippen LogP contribution in [0.25, 0.3) is 10.7 Å². The molecule has 7 nitrogen and oxygen atoms in total. The van der Waals surface area contributed by atoms with Crippen LogP contribution in [0.5, 0.6) is 0 Å². The van der Waals surface area contributed by atoms with Gasteiger partial charge in [-0.15, -0.1) is 11.3 Å². The van der Waals surface area contributed by atoms with E-state index in [2.05, 4.69) is 15.1 Å². The molecule has 4 rings (SSSR count). The van der Waals surface area contributed by atoms with Gasteiger partial charge in [-0.2, -0.15) is 4.98 Å². The SMILES string of the molecule is O=C(c1ccc[nH]c1=O)N1CC(c2nc(-c3cccs3)no2)C1. The van der Waals surface area contributed by atoms with Crippen molar-refractivity contribution in [3.63, 3.8) is 0 Å². The highest BCUT2D eigenvalue weighted by atomic mass is 32.1. The van der Waals surface area contributed by atoms with Gasteiger partial charge >= 0.3 is 0 Å². The van der Waals surface area contributed by atoms with Gasteiger partial charge in [-0.25, -0.2) is 0 Å². The first-order valence-corrected chi connectivity index (χ1v) is 7.95. The first kappa shape index (κ1) is 13.9. The summed E-state index contributed by atoms with van der Waals surface area (Å²) in [6.07, 6.45) is 1.50. The van der Waals surface area contributed by atoms with Gasteiger partial charge in [-0.3, -0.25) is 9.59 Å². The summed E-state index contributed by atoms with van der Waals surface area (Å²) in [6, 6.07) is 7.02. The van der Waals surface area contributed by atoms with Crippen LogP contribution in [0, 0.1) is 0 Å². The minimum absolute atomic E-state index is 0.0166. The number of likely N-dealkylation sites (tertiary alicyclic amines) is 1. The van der Waals surface area contributed by atoms with E-state index in [9.17, 15) is 9.59 Å². The van der Waals surface area contributed by atoms with Crippen LogP contribution in [0.2, 0.25) is 0 Å². The van der Waals surface area contributed by atoms with Crippen LogP contribution in [0.3, 0.4) is 0 Å². The summed E-state index contributed by atoms with van der Waals surface area (Å²) in [5.41, 5.74) is -0.227. The van der Waals surface area contributed by atoms with Gasteiger partial charge in [0.25, 0.3) is 11.5 Å². The molecule has 8 heteroatoms. The zero-order chi connectivity index (χ0) is 15.8. The Morgan fingerprint density at radius 1 is 1.35 bits per heavy atom. The molecule has 4 heterocycles. The number of H-pyrrole nitrogens is 1. The van der Waals surface area contributed by atoms with Crippen molar-refractivity contribution in [2.75, 3.05) is 13.1 Å². The van der Waals surface area contributed by atoms with Crippen molar-refractivity contribution < 1.29 is 9.32 Å². The van der Waals surface area contributed by atoms with E-state index in [1.165, 1.54) is 12.3 Å². The number of nitrogens with zero attached hydrogens (tertiary/aromatic N) is 3. The van der Waals surface area contributed by atoms with Crippen LogP contribution in [0.1, 0.15) is 22.2 Å². The van der Waals surface area contributed by atoms with Gasteiger partial charge in [-0.05, 0) is 23.6 Å². The summed E-state index contributed by atoms with van der Waals surface area (Å²) in [5.74, 6) is 0.836. The number of carbonyl (C=O) groups excluding carboxylic acids is 1. The molecule has 3 aromatic heterocycles. The molecule has 1 saturated heterocycles. The lowest BCUT2D eigenvalue weighted by Crippen LogP contribution is -2.49. The molecule has 1 fully saturated rings. The van der Waals surface area contributed by atoms with Gasteiger partial charge in [-0.1, -0.05) is 11.2 Å². The second kappa shape index (κ2) is 5.47. The van der Waals surface area contributed by atoms with Crippen molar-refractivity contribution in [3.05, 3.63) is 57.7 Å². The average Bonchev–Trinajstić information content (AvgIpc) is 3.17. The maximum atomic E-state index is 12.3. The zero-order valence-electron chi connectivity index (χ0n) is 11.9. The smallest absolute Gasteiger partial charge is 0.260 e. The van der Waals surface area contributed by atoms with E-state index in [0.29, 0.717) is 24.8 Å². The summed E-state index contributed by atoms with van der Waals surface area (Å²) in [4.78, 5) is 33.3. The van der Waals surface area contributed by atoms with Crippen LogP contribution in [0.15, 0.2) is 45.2 Å². The van der Waals surface area contributed by atoms with Crippen molar-refractivity contribution >= 4 is 17.2 Å². The number of thiophene rings is 1. The number of carbonyl (C=O) groups is 1. The molecule has 0 bridgehead atoms. The molecule has 1 N–H and O–H groups in total. The minimum atomic E-state index is -0.376. The lowest BCUT2D eigenvalue weighted by molar-refractivity contribution is 0.0567. The molecule has 1 amide bonds. The summed E-state index contributed by atoms with van der Waals surface area (Å²) in [7, 11) is 0. The molecule has 0 aromatic carbocycles. The first-order valence-electron chi connectivity index (χ1n) is 7.07. The lowest BCUT2D eigenvalue weighted by atomic mass is 9.99.